The molecule has 10 nitrogen and oxygen atoms in total. The molecule has 4 aromatic carbocycles. The number of phenols is 4. The molecule has 4 N–H and O–H groups in total. The smallest absolute Gasteiger partial charge is 0.347 e. The van der Waals surface area contributed by atoms with Crippen molar-refractivity contribution in [3.05, 3.63) is 95.2 Å². The van der Waals surface area contributed by atoms with Gasteiger partial charge in [0, 0.05) is 41.1 Å². The van der Waals surface area contributed by atoms with Crippen LogP contribution in [0.15, 0.2) is 81.6 Å². The molecule has 218 valence electrons. The maximum absolute atomic E-state index is 14.1. The van der Waals surface area contributed by atoms with E-state index < -0.39 is 23.2 Å². The summed E-state index contributed by atoms with van der Waals surface area (Å²) >= 11 is 0. The molecule has 8 rings (SSSR count). The second kappa shape index (κ2) is 8.81. The fraction of sp³-hybridized carbons (Fsp3) is 0.118. The normalized spacial score (nSPS) is 18.6. The van der Waals surface area contributed by atoms with E-state index in [-0.39, 0.29) is 50.9 Å². The highest BCUT2D eigenvalue weighted by atomic mass is 16.5. The molecule has 0 radical (unpaired) electrons. The number of phenolic OH excluding ortho intramolecular Hbond substituents is 4. The van der Waals surface area contributed by atoms with E-state index >= 15 is 0 Å². The number of hydrogen-bond acceptors (Lipinski definition) is 10. The van der Waals surface area contributed by atoms with E-state index in [9.17, 15) is 30.0 Å². The van der Waals surface area contributed by atoms with Crippen LogP contribution in [0.1, 0.15) is 51.3 Å². The van der Waals surface area contributed by atoms with Crippen LogP contribution in [0, 0.1) is 0 Å². The van der Waals surface area contributed by atoms with Crippen LogP contribution in [0.5, 0.6) is 34.5 Å². The average Bonchev–Trinajstić information content (AvgIpc) is 3.57. The van der Waals surface area contributed by atoms with Crippen molar-refractivity contribution in [3.63, 3.8) is 0 Å². The SMILES string of the molecule is C[C@]12C[C@H](c3ccc(O)cc3O1)c1oc3cc(-c4cc5ccc(O)cc5o4)cc(OC(=O)c4ccc(O)cc4O)c3c1C2=O. The van der Waals surface area contributed by atoms with Crippen LogP contribution in [-0.4, -0.2) is 37.8 Å². The van der Waals surface area contributed by atoms with Crippen LogP contribution in [0.3, 0.4) is 0 Å². The largest absolute Gasteiger partial charge is 0.508 e. The highest BCUT2D eigenvalue weighted by Gasteiger charge is 2.52. The summed E-state index contributed by atoms with van der Waals surface area (Å²) in [6.45, 7) is 1.68. The summed E-state index contributed by atoms with van der Waals surface area (Å²) in [7, 11) is 0. The summed E-state index contributed by atoms with van der Waals surface area (Å²) in [5.74, 6) is -1.29. The third-order valence-corrected chi connectivity index (χ3v) is 8.30. The third-order valence-electron chi connectivity index (χ3n) is 8.30. The Kier molecular flexibility index (Phi) is 5.16. The molecule has 0 spiro atoms. The van der Waals surface area contributed by atoms with E-state index in [0.29, 0.717) is 34.8 Å². The van der Waals surface area contributed by atoms with Crippen LogP contribution < -0.4 is 9.47 Å². The molecule has 0 amide bonds. The zero-order chi connectivity index (χ0) is 30.5. The molecular weight excluding hydrogens is 568 g/mol. The Labute approximate surface area is 247 Å². The van der Waals surface area contributed by atoms with E-state index in [2.05, 4.69) is 0 Å². The predicted octanol–water partition coefficient (Wildman–Crippen LogP) is 6.76. The van der Waals surface area contributed by atoms with Crippen molar-refractivity contribution in [2.24, 2.45) is 0 Å². The van der Waals surface area contributed by atoms with Gasteiger partial charge in [-0.15, -0.1) is 0 Å². The van der Waals surface area contributed by atoms with E-state index in [1.54, 1.807) is 37.3 Å². The van der Waals surface area contributed by atoms with E-state index in [1.165, 1.54) is 36.4 Å². The minimum atomic E-state index is -1.29. The second-order valence-electron chi connectivity index (χ2n) is 11.3. The first-order valence-electron chi connectivity index (χ1n) is 13.7. The molecule has 0 fully saturated rings. The Hall–Kier alpha value is -5.90. The highest BCUT2D eigenvalue weighted by Crippen LogP contribution is 2.54. The van der Waals surface area contributed by atoms with Crippen LogP contribution in [0.25, 0.3) is 33.3 Å². The van der Waals surface area contributed by atoms with Gasteiger partial charge >= 0.3 is 5.97 Å². The van der Waals surface area contributed by atoms with Gasteiger partial charge in [0.1, 0.15) is 62.7 Å². The van der Waals surface area contributed by atoms with Crippen LogP contribution in [-0.2, 0) is 0 Å². The van der Waals surface area contributed by atoms with Gasteiger partial charge in [-0.1, -0.05) is 6.07 Å². The predicted molar refractivity (Wildman–Crippen MR) is 156 cm³/mol. The monoisotopic (exact) mass is 590 g/mol. The first kappa shape index (κ1) is 25.8. The Bertz CT molecular complexity index is 2220. The molecule has 0 saturated carbocycles. The Morgan fingerprint density at radius 1 is 0.864 bits per heavy atom. The van der Waals surface area contributed by atoms with Gasteiger partial charge < -0.3 is 38.7 Å². The molecular formula is C34H22O10. The maximum Gasteiger partial charge on any atom is 0.347 e. The number of rotatable bonds is 3. The summed E-state index contributed by atoms with van der Waals surface area (Å²) in [6, 6.07) is 17.9. The van der Waals surface area contributed by atoms with Crippen molar-refractivity contribution in [3.8, 4) is 45.8 Å². The molecule has 6 aromatic rings. The lowest BCUT2D eigenvalue weighted by molar-refractivity contribution is 0.0349. The zero-order valence-corrected chi connectivity index (χ0v) is 23.0. The highest BCUT2D eigenvalue weighted by molar-refractivity contribution is 6.16. The van der Waals surface area contributed by atoms with Crippen molar-refractivity contribution in [2.75, 3.05) is 0 Å². The summed E-state index contributed by atoms with van der Waals surface area (Å²) < 4.78 is 24.4. The maximum atomic E-state index is 14.1. The molecule has 1 aliphatic heterocycles. The van der Waals surface area contributed by atoms with Gasteiger partial charge in [0.25, 0.3) is 0 Å². The lowest BCUT2D eigenvalue weighted by Crippen LogP contribution is -2.49. The fourth-order valence-electron chi connectivity index (χ4n) is 6.23. The number of fused-ring (bicyclic) bond motifs is 9. The minimum Gasteiger partial charge on any atom is -0.508 e. The van der Waals surface area contributed by atoms with E-state index in [0.717, 1.165) is 17.0 Å². The number of benzene rings is 4. The second-order valence-corrected chi connectivity index (χ2v) is 11.3. The number of hydrogen-bond donors (Lipinski definition) is 4. The number of carbonyl (C=O) groups excluding carboxylic acids is 2. The van der Waals surface area contributed by atoms with Crippen molar-refractivity contribution in [1.29, 1.82) is 0 Å². The topological polar surface area (TPSA) is 160 Å². The first-order valence-corrected chi connectivity index (χ1v) is 13.7. The number of carbonyl (C=O) groups is 2. The van der Waals surface area contributed by atoms with E-state index in [1.807, 2.05) is 0 Å². The molecule has 1 aliphatic carbocycles. The molecule has 2 bridgehead atoms. The van der Waals surface area contributed by atoms with Crippen molar-refractivity contribution < 1.29 is 48.3 Å². The molecule has 44 heavy (non-hydrogen) atoms. The number of Topliss-reactive ketones (excluding diaryl/α,β-unsaturated/α-hetero) is 1. The molecule has 2 atom stereocenters. The van der Waals surface area contributed by atoms with Crippen molar-refractivity contribution in [1.82, 2.24) is 0 Å². The van der Waals surface area contributed by atoms with Crippen LogP contribution >= 0.6 is 0 Å². The summed E-state index contributed by atoms with van der Waals surface area (Å²) in [6.07, 6.45) is 0.298. The van der Waals surface area contributed by atoms with Crippen molar-refractivity contribution in [2.45, 2.75) is 24.9 Å². The van der Waals surface area contributed by atoms with Crippen LogP contribution in [0.4, 0.5) is 0 Å². The van der Waals surface area contributed by atoms with Gasteiger partial charge in [-0.25, -0.2) is 4.79 Å². The number of ketones is 1. The zero-order valence-electron chi connectivity index (χ0n) is 23.0. The molecule has 0 unspecified atom stereocenters. The lowest BCUT2D eigenvalue weighted by atomic mass is 9.72. The fourth-order valence-corrected chi connectivity index (χ4v) is 6.23. The molecule has 2 aromatic heterocycles. The first-order chi connectivity index (χ1) is 21.1. The summed E-state index contributed by atoms with van der Waals surface area (Å²) in [5, 5.41) is 41.0. The standard InChI is InChI=1S/C34H22O10/c1-34-14-22(20-6-4-19(37)13-26(20)44-34)31-30(32(34)39)29-27(42-31)9-16(24-8-15-2-3-18(36)12-25(15)41-24)10-28(29)43-33(40)21-7-5-17(35)11-23(21)38/h2-13,22,35-38H,14H2,1H3/t22-,34-/m1/s1. The Morgan fingerprint density at radius 3 is 2.43 bits per heavy atom. The van der Waals surface area contributed by atoms with Gasteiger partial charge in [0.2, 0.25) is 5.78 Å². The van der Waals surface area contributed by atoms with Gasteiger partial charge in [-0.2, -0.15) is 0 Å². The average molecular weight is 591 g/mol. The Morgan fingerprint density at radius 2 is 1.61 bits per heavy atom. The molecule has 2 aliphatic rings. The third kappa shape index (κ3) is 3.74. The Balaban J connectivity index is 1.36. The number of ether oxygens (including phenoxy) is 2. The number of aromatic hydroxyl groups is 4. The van der Waals surface area contributed by atoms with Gasteiger partial charge in [-0.3, -0.25) is 4.79 Å². The van der Waals surface area contributed by atoms with Crippen molar-refractivity contribution >= 4 is 33.7 Å². The number of esters is 1. The van der Waals surface area contributed by atoms with E-state index in [4.69, 9.17) is 18.3 Å². The molecule has 0 saturated heterocycles. The summed E-state index contributed by atoms with van der Waals surface area (Å²) in [4.78, 5) is 27.5. The quantitative estimate of drug-likeness (QED) is 0.128. The molecule has 3 heterocycles. The van der Waals surface area contributed by atoms with Gasteiger partial charge in [0.15, 0.2) is 5.60 Å². The lowest BCUT2D eigenvalue weighted by Gasteiger charge is -2.41. The van der Waals surface area contributed by atoms with Gasteiger partial charge in [-0.05, 0) is 55.5 Å². The van der Waals surface area contributed by atoms with Gasteiger partial charge in [0.05, 0.1) is 16.9 Å². The minimum absolute atomic E-state index is 0.0000733. The summed E-state index contributed by atoms with van der Waals surface area (Å²) in [5.41, 5.74) is 0.587. The molecule has 10 heteroatoms. The number of furan rings is 2. The van der Waals surface area contributed by atoms with Crippen LogP contribution in [0.2, 0.25) is 0 Å².